The summed E-state index contributed by atoms with van der Waals surface area (Å²) in [6.07, 6.45) is 3.35. The van der Waals surface area contributed by atoms with Gasteiger partial charge in [0, 0.05) is 18.0 Å². The first-order chi connectivity index (χ1) is 14.2. The highest BCUT2D eigenvalue weighted by Crippen LogP contribution is 2.47. The molecule has 3 aromatic heterocycles. The Hall–Kier alpha value is -3.27. The van der Waals surface area contributed by atoms with Crippen molar-refractivity contribution in [2.75, 3.05) is 0 Å². The van der Waals surface area contributed by atoms with Crippen LogP contribution >= 0.6 is 11.6 Å². The Labute approximate surface area is 173 Å². The van der Waals surface area contributed by atoms with Crippen molar-refractivity contribution in [3.8, 4) is 11.3 Å². The van der Waals surface area contributed by atoms with E-state index in [1.165, 1.54) is 37.2 Å². The molecule has 154 valence electrons. The highest BCUT2D eigenvalue weighted by molar-refractivity contribution is 6.30. The lowest BCUT2D eigenvalue weighted by Crippen LogP contribution is -2.18. The molecule has 0 unspecified atom stereocenters. The molecule has 30 heavy (non-hydrogen) atoms. The van der Waals surface area contributed by atoms with Crippen LogP contribution in [0.2, 0.25) is 5.02 Å². The number of aromatic nitrogens is 5. The molecule has 7 nitrogen and oxygen atoms in total. The van der Waals surface area contributed by atoms with Crippen molar-refractivity contribution in [1.29, 1.82) is 0 Å². The van der Waals surface area contributed by atoms with Gasteiger partial charge in [-0.3, -0.25) is 9.78 Å². The molecule has 0 atom stereocenters. The highest BCUT2D eigenvalue weighted by Gasteiger charge is 2.37. The zero-order valence-corrected chi connectivity index (χ0v) is 16.0. The molecule has 1 amide bonds. The zero-order valence-electron chi connectivity index (χ0n) is 15.3. The van der Waals surface area contributed by atoms with Crippen molar-refractivity contribution < 1.29 is 18.0 Å². The molecule has 0 radical (unpaired) electrons. The Kier molecular flexibility index (Phi) is 5.02. The summed E-state index contributed by atoms with van der Waals surface area (Å²) in [4.78, 5) is 23.6. The topological polar surface area (TPSA) is 99.6 Å². The van der Waals surface area contributed by atoms with Gasteiger partial charge in [-0.2, -0.15) is 18.3 Å². The van der Waals surface area contributed by atoms with Gasteiger partial charge in [-0.15, -0.1) is 0 Å². The predicted molar refractivity (Wildman–Crippen MR) is 103 cm³/mol. The van der Waals surface area contributed by atoms with Crippen LogP contribution in [0.15, 0.2) is 37.2 Å². The minimum Gasteiger partial charge on any atom is -0.364 e. The Morgan fingerprint density at radius 3 is 2.57 bits per heavy atom. The molecule has 0 saturated heterocycles. The Morgan fingerprint density at radius 2 is 2.00 bits per heavy atom. The van der Waals surface area contributed by atoms with Gasteiger partial charge < -0.3 is 5.73 Å². The van der Waals surface area contributed by atoms with Crippen molar-refractivity contribution in [2.45, 2.75) is 24.9 Å². The van der Waals surface area contributed by atoms with Gasteiger partial charge in [0.2, 0.25) is 0 Å². The smallest absolute Gasteiger partial charge is 0.364 e. The summed E-state index contributed by atoms with van der Waals surface area (Å²) >= 11 is 6.00. The number of alkyl halides is 3. The van der Waals surface area contributed by atoms with Crippen molar-refractivity contribution in [3.05, 3.63) is 59.0 Å². The molecule has 1 aliphatic carbocycles. The van der Waals surface area contributed by atoms with Gasteiger partial charge in [0.15, 0.2) is 0 Å². The van der Waals surface area contributed by atoms with Crippen molar-refractivity contribution in [3.63, 3.8) is 0 Å². The van der Waals surface area contributed by atoms with Gasteiger partial charge in [0.1, 0.15) is 24.0 Å². The standard InChI is InChI=1S/C19H14ClF3N6O/c20-13-3-12(6-25-7-13)17-16(10-1-2-10)11(5-15(28-17)19(21,22)23)4-14(18(24)30)29-9-26-8-27-29/h3-10H,1-2H2,(H2,24,30)/b14-4+. The lowest BCUT2D eigenvalue weighted by atomic mass is 9.96. The average Bonchev–Trinajstić information content (AvgIpc) is 3.38. The van der Waals surface area contributed by atoms with Gasteiger partial charge >= 0.3 is 6.18 Å². The molecule has 0 bridgehead atoms. The van der Waals surface area contributed by atoms with Gasteiger partial charge in [-0.05, 0) is 48.1 Å². The number of carbonyl (C=O) groups excluding carboxylic acids is 1. The molecule has 1 aliphatic rings. The molecule has 0 aliphatic heterocycles. The number of carbonyl (C=O) groups is 1. The first-order valence-corrected chi connectivity index (χ1v) is 9.21. The second-order valence-corrected chi connectivity index (χ2v) is 7.19. The van der Waals surface area contributed by atoms with Crippen LogP contribution in [0.5, 0.6) is 0 Å². The Balaban J connectivity index is 2.01. The van der Waals surface area contributed by atoms with E-state index in [0.29, 0.717) is 11.1 Å². The molecule has 11 heteroatoms. The first-order valence-electron chi connectivity index (χ1n) is 8.83. The van der Waals surface area contributed by atoms with Crippen LogP contribution in [0.1, 0.15) is 35.6 Å². The number of hydrogen-bond acceptors (Lipinski definition) is 5. The van der Waals surface area contributed by atoms with Crippen LogP contribution in [0.4, 0.5) is 13.2 Å². The Morgan fingerprint density at radius 1 is 1.23 bits per heavy atom. The maximum absolute atomic E-state index is 13.6. The molecule has 0 spiro atoms. The van der Waals surface area contributed by atoms with E-state index in [9.17, 15) is 18.0 Å². The number of nitrogens with zero attached hydrogens (tertiary/aromatic N) is 5. The van der Waals surface area contributed by atoms with Crippen molar-refractivity contribution >= 4 is 29.3 Å². The molecule has 1 fully saturated rings. The number of pyridine rings is 2. The molecule has 1 saturated carbocycles. The monoisotopic (exact) mass is 434 g/mol. The number of rotatable bonds is 5. The van der Waals surface area contributed by atoms with Gasteiger partial charge in [-0.1, -0.05) is 11.6 Å². The highest BCUT2D eigenvalue weighted by atomic mass is 35.5. The summed E-state index contributed by atoms with van der Waals surface area (Å²) in [5.74, 6) is -0.872. The van der Waals surface area contributed by atoms with Crippen molar-refractivity contribution in [1.82, 2.24) is 24.7 Å². The third-order valence-corrected chi connectivity index (χ3v) is 4.76. The quantitative estimate of drug-likeness (QED) is 0.616. The summed E-state index contributed by atoms with van der Waals surface area (Å²) in [6.45, 7) is 0. The number of amides is 1. The molecular formula is C19H14ClF3N6O. The fourth-order valence-corrected chi connectivity index (χ4v) is 3.31. The second kappa shape index (κ2) is 7.52. The van der Waals surface area contributed by atoms with Crippen molar-refractivity contribution in [2.24, 2.45) is 5.73 Å². The van der Waals surface area contributed by atoms with Crippen LogP contribution < -0.4 is 5.73 Å². The van der Waals surface area contributed by atoms with E-state index in [1.807, 2.05) is 0 Å². The number of halogens is 4. The van der Waals surface area contributed by atoms with Gasteiger partial charge in [-0.25, -0.2) is 14.6 Å². The summed E-state index contributed by atoms with van der Waals surface area (Å²) in [5.41, 5.74) is 5.46. The first kappa shape index (κ1) is 20.0. The molecule has 3 heterocycles. The van der Waals surface area contributed by atoms with Crippen LogP contribution in [0.3, 0.4) is 0 Å². The molecular weight excluding hydrogens is 421 g/mol. The largest absolute Gasteiger partial charge is 0.433 e. The molecule has 2 N–H and O–H groups in total. The third-order valence-electron chi connectivity index (χ3n) is 4.56. The number of hydrogen-bond donors (Lipinski definition) is 1. The van der Waals surface area contributed by atoms with E-state index in [2.05, 4.69) is 20.1 Å². The second-order valence-electron chi connectivity index (χ2n) is 6.76. The van der Waals surface area contributed by atoms with Crippen LogP contribution in [-0.2, 0) is 11.0 Å². The van der Waals surface area contributed by atoms with E-state index >= 15 is 0 Å². The maximum atomic E-state index is 13.6. The van der Waals surface area contributed by atoms with E-state index in [-0.39, 0.29) is 27.9 Å². The zero-order chi connectivity index (χ0) is 21.5. The van der Waals surface area contributed by atoms with E-state index in [1.54, 1.807) is 0 Å². The summed E-state index contributed by atoms with van der Waals surface area (Å²) < 4.78 is 42.0. The molecule has 3 aromatic rings. The molecule has 4 rings (SSSR count). The SMILES string of the molecule is NC(=O)/C(=C\c1cc(C(F)(F)F)nc(-c2cncc(Cl)c2)c1C1CC1)n1cncn1. The minimum atomic E-state index is -4.70. The summed E-state index contributed by atoms with van der Waals surface area (Å²) in [7, 11) is 0. The van der Waals surface area contributed by atoms with Crippen LogP contribution in [0.25, 0.3) is 23.0 Å². The summed E-state index contributed by atoms with van der Waals surface area (Å²) in [5, 5.41) is 4.13. The maximum Gasteiger partial charge on any atom is 0.433 e. The minimum absolute atomic E-state index is 0.00936. The fraction of sp³-hybridized carbons (Fsp3) is 0.211. The lowest BCUT2D eigenvalue weighted by molar-refractivity contribution is -0.141. The van der Waals surface area contributed by atoms with E-state index in [0.717, 1.165) is 23.6 Å². The average molecular weight is 435 g/mol. The van der Waals surface area contributed by atoms with E-state index < -0.39 is 17.8 Å². The van der Waals surface area contributed by atoms with Crippen LogP contribution in [-0.4, -0.2) is 30.6 Å². The van der Waals surface area contributed by atoms with E-state index in [4.69, 9.17) is 17.3 Å². The third kappa shape index (κ3) is 4.04. The normalized spacial score (nSPS) is 14.7. The number of nitrogens with two attached hydrogens (primary N) is 1. The summed E-state index contributed by atoms with van der Waals surface area (Å²) in [6, 6.07) is 2.41. The fourth-order valence-electron chi connectivity index (χ4n) is 3.13. The van der Waals surface area contributed by atoms with Gasteiger partial charge in [0.25, 0.3) is 5.91 Å². The van der Waals surface area contributed by atoms with Crippen LogP contribution in [0, 0.1) is 0 Å². The predicted octanol–water partition coefficient (Wildman–Crippen LogP) is 3.77. The van der Waals surface area contributed by atoms with Gasteiger partial charge in [0.05, 0.1) is 10.7 Å². The Bertz CT molecular complexity index is 1140. The molecule has 0 aromatic carbocycles. The number of primary amides is 1. The lowest BCUT2D eigenvalue weighted by Gasteiger charge is -2.16.